The summed E-state index contributed by atoms with van der Waals surface area (Å²) in [5, 5.41) is 6.87. The molecule has 0 aliphatic heterocycles. The molecule has 3 heteroatoms. The first kappa shape index (κ1) is 20.7. The van der Waals surface area contributed by atoms with Gasteiger partial charge in [0.2, 0.25) is 0 Å². The van der Waals surface area contributed by atoms with Crippen molar-refractivity contribution in [1.82, 2.24) is 0 Å². The molecular formula is C31H21F3. The Morgan fingerprint density at radius 1 is 0.529 bits per heavy atom. The van der Waals surface area contributed by atoms with Crippen molar-refractivity contribution in [1.29, 1.82) is 0 Å². The van der Waals surface area contributed by atoms with Crippen molar-refractivity contribution in [3.05, 3.63) is 108 Å². The molecule has 0 atom stereocenters. The molecule has 166 valence electrons. The molecule has 0 N–H and O–H groups in total. The van der Waals surface area contributed by atoms with Crippen LogP contribution < -0.4 is 0 Å². The lowest BCUT2D eigenvalue weighted by Gasteiger charge is -2.17. The first-order valence-corrected chi connectivity index (χ1v) is 11.4. The van der Waals surface area contributed by atoms with Crippen molar-refractivity contribution in [2.75, 3.05) is 0 Å². The van der Waals surface area contributed by atoms with Crippen LogP contribution in [0, 0.1) is 0 Å². The topological polar surface area (TPSA) is 0 Å². The lowest BCUT2D eigenvalue weighted by molar-refractivity contribution is -0.137. The monoisotopic (exact) mass is 450 g/mol. The van der Waals surface area contributed by atoms with Gasteiger partial charge in [-0.3, -0.25) is 0 Å². The van der Waals surface area contributed by atoms with E-state index in [-0.39, 0.29) is 0 Å². The van der Waals surface area contributed by atoms with E-state index >= 15 is 0 Å². The second kappa shape index (κ2) is 7.59. The molecule has 0 heterocycles. The van der Waals surface area contributed by atoms with Crippen LogP contribution in [-0.2, 0) is 12.6 Å². The quantitative estimate of drug-likeness (QED) is 0.236. The lowest BCUT2D eigenvalue weighted by Crippen LogP contribution is -2.04. The average molecular weight is 451 g/mol. The van der Waals surface area contributed by atoms with Crippen molar-refractivity contribution < 1.29 is 13.2 Å². The summed E-state index contributed by atoms with van der Waals surface area (Å²) in [6.45, 7) is 2.15. The highest BCUT2D eigenvalue weighted by Gasteiger charge is 2.30. The fourth-order valence-corrected chi connectivity index (χ4v) is 5.06. The number of alkyl halides is 3. The van der Waals surface area contributed by atoms with Gasteiger partial charge < -0.3 is 0 Å². The summed E-state index contributed by atoms with van der Waals surface area (Å²) < 4.78 is 39.2. The second-order valence-corrected chi connectivity index (χ2v) is 8.77. The Bertz CT molecular complexity index is 1640. The molecule has 0 saturated heterocycles. The number of aryl methyl sites for hydroxylation is 1. The average Bonchev–Trinajstić information content (AvgIpc) is 2.86. The Balaban J connectivity index is 1.59. The summed E-state index contributed by atoms with van der Waals surface area (Å²) >= 11 is 0. The standard InChI is InChI=1S/C31H21F3/c1-2-19-3-5-20(6-4-19)25-15-9-22-12-18-28-26(21-7-13-24(14-8-21)31(32,33)34)16-10-23-11-17-27(25)29(22)30(23)28/h3-18H,2H2,1H3. The third-order valence-corrected chi connectivity index (χ3v) is 6.86. The van der Waals surface area contributed by atoms with E-state index in [1.165, 1.54) is 27.5 Å². The highest BCUT2D eigenvalue weighted by atomic mass is 19.4. The van der Waals surface area contributed by atoms with Crippen molar-refractivity contribution in [3.8, 4) is 22.3 Å². The predicted octanol–water partition coefficient (Wildman–Crippen LogP) is 9.50. The highest BCUT2D eigenvalue weighted by Crippen LogP contribution is 2.42. The van der Waals surface area contributed by atoms with Gasteiger partial charge in [-0.2, -0.15) is 13.2 Å². The van der Waals surface area contributed by atoms with Gasteiger partial charge in [-0.1, -0.05) is 91.9 Å². The molecule has 6 aromatic carbocycles. The van der Waals surface area contributed by atoms with Crippen LogP contribution in [0.25, 0.3) is 54.6 Å². The molecule has 0 aliphatic rings. The van der Waals surface area contributed by atoms with Gasteiger partial charge in [0, 0.05) is 0 Å². The van der Waals surface area contributed by atoms with Crippen LogP contribution in [0.5, 0.6) is 0 Å². The maximum absolute atomic E-state index is 13.1. The fourth-order valence-electron chi connectivity index (χ4n) is 5.06. The van der Waals surface area contributed by atoms with Gasteiger partial charge in [0.1, 0.15) is 0 Å². The number of benzene rings is 6. The summed E-state index contributed by atoms with van der Waals surface area (Å²) in [7, 11) is 0. The zero-order valence-corrected chi connectivity index (χ0v) is 18.6. The van der Waals surface area contributed by atoms with Gasteiger partial charge in [-0.15, -0.1) is 0 Å². The molecule has 0 aliphatic carbocycles. The molecule has 0 nitrogen and oxygen atoms in total. The van der Waals surface area contributed by atoms with Crippen LogP contribution in [0.1, 0.15) is 18.1 Å². The third-order valence-electron chi connectivity index (χ3n) is 6.86. The Kier molecular flexibility index (Phi) is 4.63. The summed E-state index contributed by atoms with van der Waals surface area (Å²) in [4.78, 5) is 0. The summed E-state index contributed by atoms with van der Waals surface area (Å²) in [6.07, 6.45) is -3.33. The van der Waals surface area contributed by atoms with Crippen molar-refractivity contribution in [3.63, 3.8) is 0 Å². The van der Waals surface area contributed by atoms with Crippen molar-refractivity contribution in [2.24, 2.45) is 0 Å². The predicted molar refractivity (Wildman–Crippen MR) is 135 cm³/mol. The summed E-state index contributed by atoms with van der Waals surface area (Å²) in [5.74, 6) is 0. The smallest absolute Gasteiger partial charge is 0.166 e. The van der Waals surface area contributed by atoms with E-state index in [9.17, 15) is 13.2 Å². The maximum atomic E-state index is 13.1. The van der Waals surface area contributed by atoms with Crippen LogP contribution in [0.4, 0.5) is 13.2 Å². The minimum absolute atomic E-state index is 0.632. The molecular weight excluding hydrogens is 429 g/mol. The van der Waals surface area contributed by atoms with E-state index < -0.39 is 11.7 Å². The molecule has 34 heavy (non-hydrogen) atoms. The third kappa shape index (κ3) is 3.23. The highest BCUT2D eigenvalue weighted by molar-refractivity contribution is 6.27. The van der Waals surface area contributed by atoms with Crippen LogP contribution in [0.2, 0.25) is 0 Å². The Morgan fingerprint density at radius 3 is 1.41 bits per heavy atom. The largest absolute Gasteiger partial charge is 0.416 e. The molecule has 0 unspecified atom stereocenters. The van der Waals surface area contributed by atoms with E-state index in [0.29, 0.717) is 0 Å². The zero-order valence-electron chi connectivity index (χ0n) is 18.6. The molecule has 0 bridgehead atoms. The van der Waals surface area contributed by atoms with E-state index in [0.717, 1.165) is 51.2 Å². The number of hydrogen-bond donors (Lipinski definition) is 0. The molecule has 6 aromatic rings. The van der Waals surface area contributed by atoms with Crippen molar-refractivity contribution in [2.45, 2.75) is 19.5 Å². The van der Waals surface area contributed by atoms with E-state index in [4.69, 9.17) is 0 Å². The normalized spacial score (nSPS) is 12.2. The first-order chi connectivity index (χ1) is 16.4. The number of rotatable bonds is 3. The van der Waals surface area contributed by atoms with Gasteiger partial charge in [0.05, 0.1) is 5.56 Å². The molecule has 6 rings (SSSR count). The molecule has 0 radical (unpaired) electrons. The minimum atomic E-state index is -4.34. The number of halogens is 3. The van der Waals surface area contributed by atoms with Gasteiger partial charge in [0.15, 0.2) is 0 Å². The van der Waals surface area contributed by atoms with Crippen molar-refractivity contribution >= 4 is 32.3 Å². The first-order valence-electron chi connectivity index (χ1n) is 11.4. The Morgan fingerprint density at radius 2 is 0.971 bits per heavy atom. The Labute approximate surface area is 195 Å². The van der Waals surface area contributed by atoms with Crippen LogP contribution in [0.15, 0.2) is 97.1 Å². The maximum Gasteiger partial charge on any atom is 0.416 e. The number of hydrogen-bond acceptors (Lipinski definition) is 0. The van der Waals surface area contributed by atoms with Gasteiger partial charge >= 0.3 is 6.18 Å². The fraction of sp³-hybridized carbons (Fsp3) is 0.0968. The van der Waals surface area contributed by atoms with E-state index in [2.05, 4.69) is 73.7 Å². The minimum Gasteiger partial charge on any atom is -0.166 e. The van der Waals surface area contributed by atoms with Gasteiger partial charge in [-0.05, 0) is 78.7 Å². The molecule has 0 amide bonds. The summed E-state index contributed by atoms with van der Waals surface area (Å²) in [6, 6.07) is 31.1. The van der Waals surface area contributed by atoms with Crippen LogP contribution in [0.3, 0.4) is 0 Å². The van der Waals surface area contributed by atoms with Gasteiger partial charge in [0.25, 0.3) is 0 Å². The van der Waals surface area contributed by atoms with Gasteiger partial charge in [-0.25, -0.2) is 0 Å². The summed E-state index contributed by atoms with van der Waals surface area (Å²) in [5.41, 5.74) is 4.76. The lowest BCUT2D eigenvalue weighted by atomic mass is 9.87. The zero-order chi connectivity index (χ0) is 23.4. The van der Waals surface area contributed by atoms with Crippen LogP contribution >= 0.6 is 0 Å². The van der Waals surface area contributed by atoms with E-state index in [1.54, 1.807) is 12.1 Å². The van der Waals surface area contributed by atoms with Crippen LogP contribution in [-0.4, -0.2) is 0 Å². The van der Waals surface area contributed by atoms with E-state index in [1.807, 2.05) is 6.07 Å². The Hall–Kier alpha value is -3.85. The second-order valence-electron chi connectivity index (χ2n) is 8.77. The molecule has 0 spiro atoms. The molecule has 0 saturated carbocycles. The SMILES string of the molecule is CCc1ccc(-c2ccc3ccc4c(-c5ccc(C(F)(F)F)cc5)ccc5ccc2c3c54)cc1. The molecule has 0 aromatic heterocycles. The molecule has 0 fully saturated rings.